The summed E-state index contributed by atoms with van der Waals surface area (Å²) in [6.07, 6.45) is 3.17. The number of nitrogens with one attached hydrogen (secondary N) is 2. The van der Waals surface area contributed by atoms with E-state index in [0.717, 1.165) is 42.8 Å². The monoisotopic (exact) mass is 328 g/mol. The van der Waals surface area contributed by atoms with E-state index in [1.54, 1.807) is 0 Å². The lowest BCUT2D eigenvalue weighted by Gasteiger charge is -2.28. The highest BCUT2D eigenvalue weighted by molar-refractivity contribution is 5.89. The molecule has 24 heavy (non-hydrogen) atoms. The molecule has 0 spiro atoms. The number of anilines is 1. The minimum atomic E-state index is -0.453. The lowest BCUT2D eigenvalue weighted by Crippen LogP contribution is -2.46. The van der Waals surface area contributed by atoms with Gasteiger partial charge in [-0.3, -0.25) is 0 Å². The van der Waals surface area contributed by atoms with E-state index >= 15 is 0 Å². The largest absolute Gasteiger partial charge is 0.391 e. The fourth-order valence-corrected chi connectivity index (χ4v) is 3.22. The Hall–Kier alpha value is -2.34. The van der Waals surface area contributed by atoms with E-state index < -0.39 is 6.10 Å². The van der Waals surface area contributed by atoms with E-state index in [4.69, 9.17) is 0 Å². The van der Waals surface area contributed by atoms with Gasteiger partial charge in [-0.2, -0.15) is 5.10 Å². The molecule has 0 radical (unpaired) electrons. The fraction of sp³-hybridized carbons (Fsp3) is 0.444. The van der Waals surface area contributed by atoms with Gasteiger partial charge in [0.2, 0.25) is 0 Å². The van der Waals surface area contributed by atoms with Gasteiger partial charge in [0.05, 0.1) is 23.5 Å². The van der Waals surface area contributed by atoms with Crippen molar-refractivity contribution < 1.29 is 9.90 Å². The van der Waals surface area contributed by atoms with Crippen molar-refractivity contribution in [2.24, 2.45) is 0 Å². The molecule has 0 bridgehead atoms. The van der Waals surface area contributed by atoms with Gasteiger partial charge in [-0.1, -0.05) is 18.9 Å². The second-order valence-electron chi connectivity index (χ2n) is 6.45. The predicted octanol–water partition coefficient (Wildman–Crippen LogP) is 2.91. The molecule has 3 rings (SSSR count). The lowest BCUT2D eigenvalue weighted by molar-refractivity contribution is 0.0955. The summed E-state index contributed by atoms with van der Waals surface area (Å²) in [7, 11) is 0. The number of hydrogen-bond acceptors (Lipinski definition) is 3. The third kappa shape index (κ3) is 3.76. The zero-order chi connectivity index (χ0) is 17.1. The van der Waals surface area contributed by atoms with E-state index in [1.807, 2.05) is 48.9 Å². The second kappa shape index (κ2) is 7.05. The Labute approximate surface area is 141 Å². The van der Waals surface area contributed by atoms with Crippen LogP contribution in [0.2, 0.25) is 0 Å². The minimum absolute atomic E-state index is 0.169. The van der Waals surface area contributed by atoms with Crippen LogP contribution in [0.25, 0.3) is 5.69 Å². The standard InChI is InChI=1S/C18H24N4O2/c1-12-10-13(2)22(21-12)15-7-5-6-14(11-15)19-18(24)20-16-8-3-4-9-17(16)23/h5-7,10-11,16-17,23H,3-4,8-9H2,1-2H3,(H2,19,20,24). The van der Waals surface area contributed by atoms with Crippen LogP contribution in [0.4, 0.5) is 10.5 Å². The first-order chi connectivity index (χ1) is 11.5. The number of aliphatic hydroxyl groups is 1. The molecule has 2 unspecified atom stereocenters. The van der Waals surface area contributed by atoms with E-state index in [0.29, 0.717) is 5.69 Å². The van der Waals surface area contributed by atoms with Gasteiger partial charge >= 0.3 is 6.03 Å². The molecule has 1 aromatic carbocycles. The second-order valence-corrected chi connectivity index (χ2v) is 6.45. The maximum absolute atomic E-state index is 12.2. The predicted molar refractivity (Wildman–Crippen MR) is 93.5 cm³/mol. The van der Waals surface area contributed by atoms with Crippen molar-refractivity contribution in [3.05, 3.63) is 41.7 Å². The van der Waals surface area contributed by atoms with Gasteiger partial charge in [-0.25, -0.2) is 9.48 Å². The third-order valence-electron chi connectivity index (χ3n) is 4.40. The highest BCUT2D eigenvalue weighted by atomic mass is 16.3. The molecular formula is C18H24N4O2. The lowest BCUT2D eigenvalue weighted by atomic mass is 9.93. The van der Waals surface area contributed by atoms with Crippen LogP contribution in [0.1, 0.15) is 37.1 Å². The van der Waals surface area contributed by atoms with Crippen molar-refractivity contribution in [1.82, 2.24) is 15.1 Å². The summed E-state index contributed by atoms with van der Waals surface area (Å²) in [5.74, 6) is 0. The number of carbonyl (C=O) groups excluding carboxylic acids is 1. The Morgan fingerprint density at radius 3 is 2.75 bits per heavy atom. The molecule has 0 aliphatic heterocycles. The SMILES string of the molecule is Cc1cc(C)n(-c2cccc(NC(=O)NC3CCCCC3O)c2)n1. The molecule has 1 aliphatic carbocycles. The van der Waals surface area contributed by atoms with Gasteiger partial charge in [0.1, 0.15) is 0 Å². The van der Waals surface area contributed by atoms with E-state index in [1.165, 1.54) is 0 Å². The Kier molecular flexibility index (Phi) is 4.85. The highest BCUT2D eigenvalue weighted by Gasteiger charge is 2.24. The number of urea groups is 1. The van der Waals surface area contributed by atoms with Crippen LogP contribution in [0.3, 0.4) is 0 Å². The van der Waals surface area contributed by atoms with Crippen molar-refractivity contribution in [3.8, 4) is 5.69 Å². The van der Waals surface area contributed by atoms with Gasteiger partial charge in [0.15, 0.2) is 0 Å². The number of rotatable bonds is 3. The van der Waals surface area contributed by atoms with E-state index in [-0.39, 0.29) is 12.1 Å². The van der Waals surface area contributed by atoms with Crippen LogP contribution < -0.4 is 10.6 Å². The molecule has 3 N–H and O–H groups in total. The molecule has 6 nitrogen and oxygen atoms in total. The van der Waals surface area contributed by atoms with Gasteiger partial charge in [0.25, 0.3) is 0 Å². The molecular weight excluding hydrogens is 304 g/mol. The minimum Gasteiger partial charge on any atom is -0.391 e. The van der Waals surface area contributed by atoms with Crippen LogP contribution in [0.15, 0.2) is 30.3 Å². The van der Waals surface area contributed by atoms with Crippen molar-refractivity contribution in [2.75, 3.05) is 5.32 Å². The number of amides is 2. The maximum Gasteiger partial charge on any atom is 0.319 e. The molecule has 1 aromatic heterocycles. The summed E-state index contributed by atoms with van der Waals surface area (Å²) >= 11 is 0. The number of nitrogens with zero attached hydrogens (tertiary/aromatic N) is 2. The van der Waals surface area contributed by atoms with Crippen LogP contribution in [-0.4, -0.2) is 33.1 Å². The summed E-state index contributed by atoms with van der Waals surface area (Å²) < 4.78 is 1.85. The molecule has 0 saturated heterocycles. The molecule has 1 saturated carbocycles. The van der Waals surface area contributed by atoms with Gasteiger partial charge in [-0.05, 0) is 51.0 Å². The molecule has 2 aromatic rings. The molecule has 1 fully saturated rings. The first kappa shape index (κ1) is 16.5. The third-order valence-corrected chi connectivity index (χ3v) is 4.40. The molecule has 1 aliphatic rings. The number of carbonyl (C=O) groups is 1. The average molecular weight is 328 g/mol. The summed E-state index contributed by atoms with van der Waals surface area (Å²) in [5, 5.41) is 20.1. The summed E-state index contributed by atoms with van der Waals surface area (Å²) in [5.41, 5.74) is 3.59. The molecule has 2 amide bonds. The number of aromatic nitrogens is 2. The normalized spacial score (nSPS) is 20.6. The topological polar surface area (TPSA) is 79.2 Å². The zero-order valence-electron chi connectivity index (χ0n) is 14.1. The Morgan fingerprint density at radius 1 is 1.25 bits per heavy atom. The number of hydrogen-bond donors (Lipinski definition) is 3. The van der Waals surface area contributed by atoms with E-state index in [9.17, 15) is 9.90 Å². The van der Waals surface area contributed by atoms with Crippen LogP contribution >= 0.6 is 0 Å². The van der Waals surface area contributed by atoms with Gasteiger partial charge < -0.3 is 15.7 Å². The first-order valence-electron chi connectivity index (χ1n) is 8.42. The van der Waals surface area contributed by atoms with Crippen LogP contribution in [0.5, 0.6) is 0 Å². The molecule has 128 valence electrons. The quantitative estimate of drug-likeness (QED) is 0.810. The van der Waals surface area contributed by atoms with Crippen LogP contribution in [-0.2, 0) is 0 Å². The van der Waals surface area contributed by atoms with Crippen molar-refractivity contribution in [3.63, 3.8) is 0 Å². The van der Waals surface area contributed by atoms with Crippen molar-refractivity contribution >= 4 is 11.7 Å². The zero-order valence-corrected chi connectivity index (χ0v) is 14.1. The van der Waals surface area contributed by atoms with Crippen LogP contribution in [0, 0.1) is 13.8 Å². The average Bonchev–Trinajstić information content (AvgIpc) is 2.88. The smallest absolute Gasteiger partial charge is 0.319 e. The number of benzene rings is 1. The number of aliphatic hydroxyl groups excluding tert-OH is 1. The van der Waals surface area contributed by atoms with E-state index in [2.05, 4.69) is 15.7 Å². The summed E-state index contributed by atoms with van der Waals surface area (Å²) in [4.78, 5) is 12.2. The molecule has 2 atom stereocenters. The summed E-state index contributed by atoms with van der Waals surface area (Å²) in [6, 6.07) is 9.12. The van der Waals surface area contributed by atoms with Gasteiger partial charge in [-0.15, -0.1) is 0 Å². The van der Waals surface area contributed by atoms with Crippen molar-refractivity contribution in [2.45, 2.75) is 51.7 Å². The fourth-order valence-electron chi connectivity index (χ4n) is 3.22. The molecule has 1 heterocycles. The molecule has 6 heteroatoms. The first-order valence-corrected chi connectivity index (χ1v) is 8.42. The maximum atomic E-state index is 12.2. The Balaban J connectivity index is 1.68. The number of aryl methyl sites for hydroxylation is 2. The Morgan fingerprint density at radius 2 is 2.04 bits per heavy atom. The highest BCUT2D eigenvalue weighted by Crippen LogP contribution is 2.19. The van der Waals surface area contributed by atoms with Crippen molar-refractivity contribution in [1.29, 1.82) is 0 Å². The summed E-state index contributed by atoms with van der Waals surface area (Å²) in [6.45, 7) is 3.95. The van der Waals surface area contributed by atoms with Gasteiger partial charge in [0, 0.05) is 11.4 Å². The Bertz CT molecular complexity index is 726.